The van der Waals surface area contributed by atoms with Crippen molar-refractivity contribution in [1.82, 2.24) is 20.5 Å². The highest BCUT2D eigenvalue weighted by Crippen LogP contribution is 2.12. The fraction of sp³-hybridized carbons (Fsp3) is 0.458. The maximum atomic E-state index is 12.1. The van der Waals surface area contributed by atoms with Gasteiger partial charge in [-0.15, -0.1) is 24.0 Å². The topological polar surface area (TPSA) is 82.1 Å². The van der Waals surface area contributed by atoms with Gasteiger partial charge in [-0.3, -0.25) is 4.99 Å². The minimum atomic E-state index is -0.501. The van der Waals surface area contributed by atoms with Crippen molar-refractivity contribution in [2.24, 2.45) is 4.99 Å². The number of amides is 1. The molecule has 0 saturated carbocycles. The number of nitrogens with one attached hydrogen (secondary N) is 2. The van der Waals surface area contributed by atoms with E-state index in [1.807, 2.05) is 82.2 Å². The Morgan fingerprint density at radius 1 is 1.00 bits per heavy atom. The zero-order valence-corrected chi connectivity index (χ0v) is 23.0. The molecule has 1 aromatic heterocycles. The van der Waals surface area contributed by atoms with Crippen LogP contribution in [0.15, 0.2) is 47.5 Å². The second kappa shape index (κ2) is 13.2. The van der Waals surface area contributed by atoms with Crippen LogP contribution in [0.5, 0.6) is 0 Å². The molecular weight excluding hydrogens is 531 g/mol. The van der Waals surface area contributed by atoms with Crippen molar-refractivity contribution in [2.45, 2.75) is 46.0 Å². The van der Waals surface area contributed by atoms with Gasteiger partial charge in [0, 0.05) is 41.3 Å². The molecule has 8 nitrogen and oxygen atoms in total. The lowest BCUT2D eigenvalue weighted by atomic mass is 10.1. The van der Waals surface area contributed by atoms with Crippen LogP contribution in [0.25, 0.3) is 0 Å². The molecule has 0 saturated heterocycles. The normalized spacial score (nSPS) is 11.3. The predicted octanol–water partition coefficient (Wildman–Crippen LogP) is 4.00. The van der Waals surface area contributed by atoms with Crippen LogP contribution in [0.4, 0.5) is 10.6 Å². The zero-order chi connectivity index (χ0) is 23.7. The predicted molar refractivity (Wildman–Crippen MR) is 145 cm³/mol. The average molecular weight is 569 g/mol. The molecule has 0 aliphatic heterocycles. The van der Waals surface area contributed by atoms with Gasteiger partial charge < -0.3 is 25.2 Å². The lowest BCUT2D eigenvalue weighted by Crippen LogP contribution is -2.36. The maximum absolute atomic E-state index is 12.1. The summed E-state index contributed by atoms with van der Waals surface area (Å²) in [5, 5.41) is 6.60. The van der Waals surface area contributed by atoms with Gasteiger partial charge in [-0.2, -0.15) is 0 Å². The van der Waals surface area contributed by atoms with Crippen molar-refractivity contribution in [2.75, 3.05) is 33.1 Å². The number of benzene rings is 1. The molecule has 2 aromatic rings. The van der Waals surface area contributed by atoms with Gasteiger partial charge in [0.1, 0.15) is 11.4 Å². The Morgan fingerprint density at radius 3 is 2.18 bits per heavy atom. The molecule has 0 radical (unpaired) electrons. The monoisotopic (exact) mass is 568 g/mol. The summed E-state index contributed by atoms with van der Waals surface area (Å²) in [5.41, 5.74) is 2.59. The molecule has 1 heterocycles. The Bertz CT molecular complexity index is 910. The third kappa shape index (κ3) is 10.3. The Kier molecular flexibility index (Phi) is 11.4. The van der Waals surface area contributed by atoms with Gasteiger partial charge in [0.05, 0.1) is 12.2 Å². The van der Waals surface area contributed by atoms with Gasteiger partial charge >= 0.3 is 6.09 Å². The van der Waals surface area contributed by atoms with E-state index in [1.165, 1.54) is 0 Å². The third-order valence-corrected chi connectivity index (χ3v) is 4.52. The lowest BCUT2D eigenvalue weighted by molar-refractivity contribution is 0.0285. The standard InChI is InChI=1S/C24H36N6O2.HI/c1-24(2,3)32-23(31)30(7)17-19-13-11-18(12-14-19)15-26-22(25-4)27-16-20-9-8-10-21(28-20)29(5)6;/h8-14H,15-17H2,1-7H3,(H2,25,26,27);1H. The van der Waals surface area contributed by atoms with Crippen molar-refractivity contribution in [3.63, 3.8) is 0 Å². The fourth-order valence-corrected chi connectivity index (χ4v) is 2.84. The van der Waals surface area contributed by atoms with Crippen LogP contribution in [0.3, 0.4) is 0 Å². The summed E-state index contributed by atoms with van der Waals surface area (Å²) in [6, 6.07) is 14.1. The van der Waals surface area contributed by atoms with Crippen molar-refractivity contribution in [3.05, 3.63) is 59.3 Å². The SMILES string of the molecule is CN=C(NCc1ccc(CN(C)C(=O)OC(C)(C)C)cc1)NCc1cccc(N(C)C)n1.I. The van der Waals surface area contributed by atoms with Crippen LogP contribution in [-0.4, -0.2) is 55.7 Å². The van der Waals surface area contributed by atoms with Crippen molar-refractivity contribution < 1.29 is 9.53 Å². The Balaban J connectivity index is 0.00000544. The molecule has 0 bridgehead atoms. The van der Waals surface area contributed by atoms with Crippen LogP contribution in [0.1, 0.15) is 37.6 Å². The van der Waals surface area contributed by atoms with Crippen molar-refractivity contribution >= 4 is 41.8 Å². The number of nitrogens with zero attached hydrogens (tertiary/aromatic N) is 4. The average Bonchev–Trinajstić information content (AvgIpc) is 2.74. The van der Waals surface area contributed by atoms with Crippen molar-refractivity contribution in [1.29, 1.82) is 0 Å². The van der Waals surface area contributed by atoms with E-state index >= 15 is 0 Å². The summed E-state index contributed by atoms with van der Waals surface area (Å²) in [4.78, 5) is 24.6. The van der Waals surface area contributed by atoms with Crippen LogP contribution in [-0.2, 0) is 24.4 Å². The molecule has 33 heavy (non-hydrogen) atoms. The molecule has 0 aliphatic carbocycles. The first-order valence-corrected chi connectivity index (χ1v) is 10.7. The van der Waals surface area contributed by atoms with Gasteiger partial charge in [0.25, 0.3) is 0 Å². The first kappa shape index (κ1) is 28.5. The highest BCUT2D eigenvalue weighted by molar-refractivity contribution is 14.0. The summed E-state index contributed by atoms with van der Waals surface area (Å²) in [5.74, 6) is 1.63. The Hall–Kier alpha value is -2.56. The number of hydrogen-bond donors (Lipinski definition) is 2. The number of rotatable bonds is 7. The fourth-order valence-electron chi connectivity index (χ4n) is 2.84. The lowest BCUT2D eigenvalue weighted by Gasteiger charge is -2.24. The number of guanidine groups is 1. The number of pyridine rings is 1. The minimum Gasteiger partial charge on any atom is -0.444 e. The molecule has 9 heteroatoms. The van der Waals surface area contributed by atoms with Gasteiger partial charge in [0.15, 0.2) is 5.96 Å². The number of hydrogen-bond acceptors (Lipinski definition) is 5. The van der Waals surface area contributed by atoms with Crippen LogP contribution in [0.2, 0.25) is 0 Å². The first-order valence-electron chi connectivity index (χ1n) is 10.7. The molecule has 1 amide bonds. The quantitative estimate of drug-likeness (QED) is 0.299. The van der Waals surface area contributed by atoms with E-state index in [0.717, 1.165) is 22.6 Å². The molecular formula is C24H37IN6O2. The summed E-state index contributed by atoms with van der Waals surface area (Å²) >= 11 is 0. The van der Waals surface area contributed by atoms with E-state index in [4.69, 9.17) is 4.74 Å². The molecule has 1 aromatic carbocycles. The highest BCUT2D eigenvalue weighted by atomic mass is 127. The van der Waals surface area contributed by atoms with Crippen LogP contribution in [0, 0.1) is 0 Å². The summed E-state index contributed by atoms with van der Waals surface area (Å²) in [7, 11) is 7.43. The number of aliphatic imine (C=N–C) groups is 1. The third-order valence-electron chi connectivity index (χ3n) is 4.52. The van der Waals surface area contributed by atoms with Gasteiger partial charge in [-0.1, -0.05) is 30.3 Å². The number of carbonyl (C=O) groups excluding carboxylic acids is 1. The number of ether oxygens (including phenoxy) is 1. The second-order valence-electron chi connectivity index (χ2n) is 8.81. The van der Waals surface area contributed by atoms with Gasteiger partial charge in [-0.05, 0) is 44.0 Å². The molecule has 2 rings (SSSR count). The second-order valence-corrected chi connectivity index (χ2v) is 8.81. The molecule has 0 spiro atoms. The smallest absolute Gasteiger partial charge is 0.410 e. The molecule has 0 aliphatic rings. The number of carbonyl (C=O) groups is 1. The summed E-state index contributed by atoms with van der Waals surface area (Å²) < 4.78 is 5.40. The summed E-state index contributed by atoms with van der Waals surface area (Å²) in [6.45, 7) is 7.29. The Morgan fingerprint density at radius 2 is 1.61 bits per heavy atom. The number of aromatic nitrogens is 1. The van der Waals surface area contributed by atoms with Crippen LogP contribution < -0.4 is 15.5 Å². The van der Waals surface area contributed by atoms with Gasteiger partial charge in [-0.25, -0.2) is 9.78 Å². The van der Waals surface area contributed by atoms with Gasteiger partial charge in [0.2, 0.25) is 0 Å². The molecule has 2 N–H and O–H groups in total. The molecule has 0 unspecified atom stereocenters. The number of anilines is 1. The minimum absolute atomic E-state index is 0. The van der Waals surface area contributed by atoms with Crippen molar-refractivity contribution in [3.8, 4) is 0 Å². The molecule has 0 atom stereocenters. The molecule has 182 valence electrons. The van der Waals surface area contributed by atoms with E-state index < -0.39 is 5.60 Å². The highest BCUT2D eigenvalue weighted by Gasteiger charge is 2.19. The summed E-state index contributed by atoms with van der Waals surface area (Å²) in [6.07, 6.45) is -0.330. The zero-order valence-electron chi connectivity index (χ0n) is 20.7. The van der Waals surface area contributed by atoms with Crippen LogP contribution >= 0.6 is 24.0 Å². The van der Waals surface area contributed by atoms with E-state index in [9.17, 15) is 4.79 Å². The van der Waals surface area contributed by atoms with E-state index in [1.54, 1.807) is 19.0 Å². The van der Waals surface area contributed by atoms with E-state index in [-0.39, 0.29) is 30.1 Å². The largest absolute Gasteiger partial charge is 0.444 e. The molecule has 0 fully saturated rings. The van der Waals surface area contributed by atoms with E-state index in [0.29, 0.717) is 25.6 Å². The maximum Gasteiger partial charge on any atom is 0.410 e. The first-order chi connectivity index (χ1) is 15.1. The Labute approximate surface area is 214 Å². The van der Waals surface area contributed by atoms with E-state index in [2.05, 4.69) is 20.6 Å². The number of halogens is 1.